The van der Waals surface area contributed by atoms with Crippen molar-refractivity contribution in [3.63, 3.8) is 0 Å². The molecule has 7 nitrogen and oxygen atoms in total. The second kappa shape index (κ2) is 10.6. The normalized spacial score (nSPS) is 16.7. The first-order valence-electron chi connectivity index (χ1n) is 11.3. The van der Waals surface area contributed by atoms with Crippen LogP contribution >= 0.6 is 0 Å². The number of likely N-dealkylation sites (tertiary alicyclic amines) is 1. The van der Waals surface area contributed by atoms with Crippen molar-refractivity contribution < 1.29 is 17.9 Å². The molecule has 1 aliphatic rings. The molecule has 1 amide bonds. The number of hydrogen-bond acceptors (Lipinski definition) is 5. The third kappa shape index (κ3) is 5.86. The highest BCUT2D eigenvalue weighted by Crippen LogP contribution is 2.28. The fraction of sp³-hybridized carbons (Fsp3) is 0.480. The molecule has 3 rings (SSSR count). The Morgan fingerprint density at radius 1 is 1.12 bits per heavy atom. The molecule has 0 aliphatic carbocycles. The Hall–Kier alpha value is -2.58. The lowest BCUT2D eigenvalue weighted by molar-refractivity contribution is -0.132. The van der Waals surface area contributed by atoms with Gasteiger partial charge < -0.3 is 14.5 Å². The molecule has 1 saturated heterocycles. The second-order valence-corrected chi connectivity index (χ2v) is 10.7. The molecule has 1 heterocycles. The van der Waals surface area contributed by atoms with Gasteiger partial charge in [-0.05, 0) is 76.7 Å². The van der Waals surface area contributed by atoms with E-state index in [1.165, 1.54) is 4.31 Å². The first-order valence-corrected chi connectivity index (χ1v) is 12.8. The van der Waals surface area contributed by atoms with Gasteiger partial charge in [0.25, 0.3) is 10.0 Å². The molecule has 2 aromatic rings. The molecule has 0 N–H and O–H groups in total. The molecule has 0 spiro atoms. The van der Waals surface area contributed by atoms with E-state index in [0.29, 0.717) is 29.6 Å². The lowest BCUT2D eigenvalue weighted by atomic mass is 10.0. The van der Waals surface area contributed by atoms with E-state index < -0.39 is 10.0 Å². The third-order valence-electron chi connectivity index (χ3n) is 6.27. The lowest BCUT2D eigenvalue weighted by Gasteiger charge is -2.36. The summed E-state index contributed by atoms with van der Waals surface area (Å²) in [6.07, 6.45) is 2.14. The molecule has 0 bridgehead atoms. The second-order valence-electron chi connectivity index (χ2n) is 8.89. The maximum atomic E-state index is 13.7. The molecule has 8 heteroatoms. The minimum absolute atomic E-state index is 0.0177. The van der Waals surface area contributed by atoms with Crippen LogP contribution in [0.25, 0.3) is 0 Å². The van der Waals surface area contributed by atoms with E-state index in [9.17, 15) is 13.2 Å². The average Bonchev–Trinajstić information content (AvgIpc) is 2.79. The molecule has 1 aliphatic heterocycles. The Labute approximate surface area is 198 Å². The summed E-state index contributed by atoms with van der Waals surface area (Å²) in [7, 11) is 1.77. The van der Waals surface area contributed by atoms with E-state index >= 15 is 0 Å². The van der Waals surface area contributed by atoms with Gasteiger partial charge in [0.2, 0.25) is 5.91 Å². The quantitative estimate of drug-likeness (QED) is 0.587. The highest BCUT2D eigenvalue weighted by Gasteiger charge is 2.29. The van der Waals surface area contributed by atoms with Crippen molar-refractivity contribution in [3.05, 3.63) is 53.6 Å². The van der Waals surface area contributed by atoms with Gasteiger partial charge in [0, 0.05) is 32.1 Å². The molecule has 33 heavy (non-hydrogen) atoms. The minimum Gasteiger partial charge on any atom is -0.497 e. The van der Waals surface area contributed by atoms with Gasteiger partial charge in [0.1, 0.15) is 5.75 Å². The van der Waals surface area contributed by atoms with Crippen molar-refractivity contribution in [1.29, 1.82) is 0 Å². The number of carbonyl (C=O) groups is 1. The number of ether oxygens (including phenoxy) is 1. The van der Waals surface area contributed by atoms with Crippen LogP contribution in [0.5, 0.6) is 5.75 Å². The van der Waals surface area contributed by atoms with Crippen LogP contribution in [-0.4, -0.2) is 71.0 Å². The maximum absolute atomic E-state index is 13.7. The molecule has 2 aromatic carbocycles. The topological polar surface area (TPSA) is 70.2 Å². The number of methoxy groups -OCH3 is 1. The molecule has 1 unspecified atom stereocenters. The van der Waals surface area contributed by atoms with E-state index in [1.807, 2.05) is 32.0 Å². The zero-order chi connectivity index (χ0) is 24.2. The van der Waals surface area contributed by atoms with Crippen LogP contribution in [0.3, 0.4) is 0 Å². The van der Waals surface area contributed by atoms with E-state index in [4.69, 9.17) is 4.74 Å². The number of benzene rings is 2. The number of sulfonamides is 1. The van der Waals surface area contributed by atoms with Crippen molar-refractivity contribution in [2.75, 3.05) is 45.1 Å². The fourth-order valence-electron chi connectivity index (χ4n) is 4.30. The third-order valence-corrected chi connectivity index (χ3v) is 8.25. The van der Waals surface area contributed by atoms with Gasteiger partial charge in [0.05, 0.1) is 17.7 Å². The highest BCUT2D eigenvalue weighted by molar-refractivity contribution is 7.92. The Morgan fingerprint density at radius 3 is 2.42 bits per heavy atom. The smallest absolute Gasteiger partial charge is 0.264 e. The van der Waals surface area contributed by atoms with E-state index in [2.05, 4.69) is 4.90 Å². The first-order chi connectivity index (χ1) is 15.6. The number of rotatable bonds is 8. The fourth-order valence-corrected chi connectivity index (χ4v) is 5.98. The number of aryl methyl sites for hydroxylation is 2. The SMILES string of the molecule is COc1ccc(N(CCC(=O)N2CCCC(N(C)C)C2)S(=O)(=O)c2ccc(C)cc2C)cc1. The summed E-state index contributed by atoms with van der Waals surface area (Å²) in [5.74, 6) is 0.623. The van der Waals surface area contributed by atoms with Crippen molar-refractivity contribution in [1.82, 2.24) is 9.80 Å². The minimum atomic E-state index is -3.86. The van der Waals surface area contributed by atoms with Gasteiger partial charge in [-0.15, -0.1) is 0 Å². The van der Waals surface area contributed by atoms with Gasteiger partial charge in [-0.2, -0.15) is 0 Å². The van der Waals surface area contributed by atoms with Crippen molar-refractivity contribution in [3.8, 4) is 5.75 Å². The molecule has 1 atom stereocenters. The standard InChI is InChI=1S/C25H35N3O4S/c1-19-8-13-24(20(2)17-19)33(30,31)28(21-9-11-23(32-5)12-10-21)16-14-25(29)27-15-6-7-22(18-27)26(3)4/h8-13,17,22H,6-7,14-16,18H2,1-5H3. The predicted molar refractivity (Wildman–Crippen MR) is 131 cm³/mol. The maximum Gasteiger partial charge on any atom is 0.264 e. The molecule has 0 radical (unpaired) electrons. The largest absolute Gasteiger partial charge is 0.497 e. The number of carbonyl (C=O) groups excluding carboxylic acids is 1. The Balaban J connectivity index is 1.86. The van der Waals surface area contributed by atoms with Crippen LogP contribution < -0.4 is 9.04 Å². The predicted octanol–water partition coefficient (Wildman–Crippen LogP) is 3.45. The highest BCUT2D eigenvalue weighted by atomic mass is 32.2. The summed E-state index contributed by atoms with van der Waals surface area (Å²) in [5, 5.41) is 0. The van der Waals surface area contributed by atoms with Crippen molar-refractivity contribution in [2.45, 2.75) is 44.0 Å². The number of nitrogens with zero attached hydrogens (tertiary/aromatic N) is 3. The lowest BCUT2D eigenvalue weighted by Crippen LogP contribution is -2.48. The number of likely N-dealkylation sites (N-methyl/N-ethyl adjacent to an activating group) is 1. The Morgan fingerprint density at radius 2 is 1.82 bits per heavy atom. The zero-order valence-electron chi connectivity index (χ0n) is 20.2. The van der Waals surface area contributed by atoms with Crippen LogP contribution in [0.2, 0.25) is 0 Å². The summed E-state index contributed by atoms with van der Waals surface area (Å²) in [6.45, 7) is 5.20. The van der Waals surface area contributed by atoms with Gasteiger partial charge in [-0.25, -0.2) is 8.42 Å². The summed E-state index contributed by atoms with van der Waals surface area (Å²) in [4.78, 5) is 17.3. The van der Waals surface area contributed by atoms with Gasteiger partial charge in [-0.1, -0.05) is 17.7 Å². The van der Waals surface area contributed by atoms with E-state index in [-0.39, 0.29) is 23.8 Å². The van der Waals surface area contributed by atoms with E-state index in [1.54, 1.807) is 50.4 Å². The molecular weight excluding hydrogens is 438 g/mol. The first kappa shape index (κ1) is 25.1. The number of piperidine rings is 1. The summed E-state index contributed by atoms with van der Waals surface area (Å²) >= 11 is 0. The summed E-state index contributed by atoms with van der Waals surface area (Å²) < 4.78 is 34.0. The summed E-state index contributed by atoms with van der Waals surface area (Å²) in [6, 6.07) is 12.5. The van der Waals surface area contributed by atoms with Crippen molar-refractivity contribution >= 4 is 21.6 Å². The summed E-state index contributed by atoms with van der Waals surface area (Å²) in [5.41, 5.74) is 2.19. The zero-order valence-corrected chi connectivity index (χ0v) is 21.1. The number of hydrogen-bond donors (Lipinski definition) is 0. The number of amides is 1. The van der Waals surface area contributed by atoms with Gasteiger partial charge in [0.15, 0.2) is 0 Å². The molecule has 0 saturated carbocycles. The monoisotopic (exact) mass is 473 g/mol. The molecular formula is C25H35N3O4S. The van der Waals surface area contributed by atoms with Crippen LogP contribution in [0, 0.1) is 13.8 Å². The molecule has 1 fully saturated rings. The number of anilines is 1. The molecule has 180 valence electrons. The van der Waals surface area contributed by atoms with E-state index in [0.717, 1.165) is 24.9 Å². The Bertz CT molecular complexity index is 1070. The van der Waals surface area contributed by atoms with Crippen molar-refractivity contribution in [2.24, 2.45) is 0 Å². The van der Waals surface area contributed by atoms with Crippen LogP contribution in [-0.2, 0) is 14.8 Å². The van der Waals surface area contributed by atoms with Gasteiger partial charge in [-0.3, -0.25) is 9.10 Å². The average molecular weight is 474 g/mol. The van der Waals surface area contributed by atoms with Crippen LogP contribution in [0.1, 0.15) is 30.4 Å². The van der Waals surface area contributed by atoms with Crippen LogP contribution in [0.4, 0.5) is 5.69 Å². The molecule has 0 aromatic heterocycles. The Kier molecular flexibility index (Phi) is 8.02. The van der Waals surface area contributed by atoms with Crippen LogP contribution in [0.15, 0.2) is 47.4 Å². The van der Waals surface area contributed by atoms with Gasteiger partial charge >= 0.3 is 0 Å².